The van der Waals surface area contributed by atoms with Crippen molar-refractivity contribution in [2.45, 2.75) is 13.8 Å². The van der Waals surface area contributed by atoms with Gasteiger partial charge in [0.1, 0.15) is 13.6 Å². The van der Waals surface area contributed by atoms with Gasteiger partial charge in [0.2, 0.25) is 11.5 Å². The Morgan fingerprint density at radius 1 is 0.500 bits per heavy atom. The lowest BCUT2D eigenvalue weighted by molar-refractivity contribution is 0.345. The van der Waals surface area contributed by atoms with Crippen molar-refractivity contribution < 1.29 is 35.7 Å². The SMILES string of the molecule is [B]c1c(O)c(O)c(C)c(-c2c(C)c(O)c(O)c(O)c2O)c1O. The van der Waals surface area contributed by atoms with Gasteiger partial charge < -0.3 is 35.7 Å². The molecule has 2 aromatic carbocycles. The van der Waals surface area contributed by atoms with Gasteiger partial charge in [-0.2, -0.15) is 0 Å². The van der Waals surface area contributed by atoms with E-state index in [0.29, 0.717) is 0 Å². The molecule has 7 N–H and O–H groups in total. The summed E-state index contributed by atoms with van der Waals surface area (Å²) in [7, 11) is 5.48. The number of benzene rings is 2. The molecule has 2 radical (unpaired) electrons. The highest BCUT2D eigenvalue weighted by atomic mass is 16.3. The first kappa shape index (κ1) is 15.5. The molecule has 0 saturated heterocycles. The summed E-state index contributed by atoms with van der Waals surface area (Å²) >= 11 is 0. The zero-order valence-corrected chi connectivity index (χ0v) is 11.7. The molecule has 0 saturated carbocycles. The number of phenols is 7. The second kappa shape index (κ2) is 4.83. The molecule has 0 aliphatic heterocycles. The molecule has 0 aliphatic carbocycles. The smallest absolute Gasteiger partial charge is 0.204 e. The highest BCUT2D eigenvalue weighted by Gasteiger charge is 2.27. The molecule has 22 heavy (non-hydrogen) atoms. The molecule has 0 aromatic heterocycles. The zero-order chi connectivity index (χ0) is 16.9. The molecule has 0 fully saturated rings. The quantitative estimate of drug-likeness (QED) is 0.233. The van der Waals surface area contributed by atoms with E-state index in [-0.39, 0.29) is 22.3 Å². The summed E-state index contributed by atoms with van der Waals surface area (Å²) in [6, 6.07) is 0. The average Bonchev–Trinajstić information content (AvgIpc) is 2.50. The summed E-state index contributed by atoms with van der Waals surface area (Å²) in [5.74, 6) is -5.48. The highest BCUT2D eigenvalue weighted by Crippen LogP contribution is 2.54. The third-order valence-electron chi connectivity index (χ3n) is 3.59. The van der Waals surface area contributed by atoms with Crippen LogP contribution in [0, 0.1) is 13.8 Å². The van der Waals surface area contributed by atoms with Crippen molar-refractivity contribution >= 4 is 13.3 Å². The van der Waals surface area contributed by atoms with Gasteiger partial charge in [0.25, 0.3) is 0 Å². The van der Waals surface area contributed by atoms with E-state index in [1.165, 1.54) is 13.8 Å². The molecular formula is C14H13BO7. The summed E-state index contributed by atoms with van der Waals surface area (Å²) in [5.41, 5.74) is -1.11. The summed E-state index contributed by atoms with van der Waals surface area (Å²) in [6.45, 7) is 2.63. The summed E-state index contributed by atoms with van der Waals surface area (Å²) in [5, 5.41) is 68.5. The Kier molecular flexibility index (Phi) is 3.40. The lowest BCUT2D eigenvalue weighted by Gasteiger charge is -2.19. The minimum Gasteiger partial charge on any atom is -0.508 e. The van der Waals surface area contributed by atoms with Crippen LogP contribution < -0.4 is 5.46 Å². The van der Waals surface area contributed by atoms with Gasteiger partial charge in [-0.25, -0.2) is 0 Å². The van der Waals surface area contributed by atoms with Gasteiger partial charge in [-0.05, 0) is 19.3 Å². The predicted octanol–water partition coefficient (Wildman–Crippen LogP) is 0.703. The minimum absolute atomic E-state index is 0.0490. The van der Waals surface area contributed by atoms with Crippen molar-refractivity contribution in [3.63, 3.8) is 0 Å². The van der Waals surface area contributed by atoms with Gasteiger partial charge >= 0.3 is 0 Å². The lowest BCUT2D eigenvalue weighted by Crippen LogP contribution is -2.07. The Bertz CT molecular complexity index is 673. The van der Waals surface area contributed by atoms with Crippen LogP contribution in [-0.2, 0) is 0 Å². The second-order valence-electron chi connectivity index (χ2n) is 4.85. The predicted molar refractivity (Wildman–Crippen MR) is 78.4 cm³/mol. The van der Waals surface area contributed by atoms with Crippen molar-refractivity contribution in [2.24, 2.45) is 0 Å². The van der Waals surface area contributed by atoms with Crippen LogP contribution in [0.4, 0.5) is 0 Å². The molecular weight excluding hydrogens is 291 g/mol. The number of hydrogen-bond acceptors (Lipinski definition) is 7. The van der Waals surface area contributed by atoms with E-state index >= 15 is 0 Å². The maximum atomic E-state index is 10.1. The topological polar surface area (TPSA) is 142 Å². The molecule has 0 bridgehead atoms. The van der Waals surface area contributed by atoms with E-state index < -0.39 is 45.7 Å². The maximum absolute atomic E-state index is 10.1. The molecule has 0 aliphatic rings. The average molecular weight is 304 g/mol. The third-order valence-corrected chi connectivity index (χ3v) is 3.59. The second-order valence-corrected chi connectivity index (χ2v) is 4.85. The molecule has 2 aromatic rings. The fourth-order valence-electron chi connectivity index (χ4n) is 2.28. The minimum atomic E-state index is -0.997. The molecule has 0 amide bonds. The van der Waals surface area contributed by atoms with Crippen LogP contribution >= 0.6 is 0 Å². The van der Waals surface area contributed by atoms with Crippen molar-refractivity contribution in [3.05, 3.63) is 11.1 Å². The number of aromatic hydroxyl groups is 7. The molecule has 7 nitrogen and oxygen atoms in total. The monoisotopic (exact) mass is 304 g/mol. The van der Waals surface area contributed by atoms with Gasteiger partial charge in [0, 0.05) is 22.3 Å². The molecule has 8 heteroatoms. The normalized spacial score (nSPS) is 10.8. The third kappa shape index (κ3) is 1.84. The van der Waals surface area contributed by atoms with E-state index in [2.05, 4.69) is 0 Å². The molecule has 2 rings (SSSR count). The standard InChI is InChI=1S/C14H13BO7/c1-3-5(10(18)7(15)12(20)8(3)16)6-4(2)9(17)13(21)14(22)11(6)19/h16-22H,1-2H3. The Balaban J connectivity index is 3.03. The Morgan fingerprint density at radius 3 is 1.36 bits per heavy atom. The van der Waals surface area contributed by atoms with Crippen LogP contribution in [0.1, 0.15) is 11.1 Å². The number of phenolic OH excluding ortho intramolecular Hbond substituents is 7. The van der Waals surface area contributed by atoms with Crippen LogP contribution in [0.25, 0.3) is 11.1 Å². The summed E-state index contributed by atoms with van der Waals surface area (Å²) in [4.78, 5) is 0. The highest BCUT2D eigenvalue weighted by molar-refractivity contribution is 6.37. The van der Waals surface area contributed by atoms with E-state index in [9.17, 15) is 35.7 Å². The fourth-order valence-corrected chi connectivity index (χ4v) is 2.28. The maximum Gasteiger partial charge on any atom is 0.204 e. The number of hydrogen-bond donors (Lipinski definition) is 7. The first-order valence-electron chi connectivity index (χ1n) is 6.10. The lowest BCUT2D eigenvalue weighted by atomic mass is 9.84. The van der Waals surface area contributed by atoms with E-state index in [1.54, 1.807) is 0 Å². The van der Waals surface area contributed by atoms with Gasteiger partial charge in [-0.1, -0.05) is 0 Å². The van der Waals surface area contributed by atoms with E-state index in [1.807, 2.05) is 0 Å². The summed E-state index contributed by atoms with van der Waals surface area (Å²) < 4.78 is 0. The summed E-state index contributed by atoms with van der Waals surface area (Å²) in [6.07, 6.45) is 0. The van der Waals surface area contributed by atoms with Gasteiger partial charge in [-0.15, -0.1) is 0 Å². The van der Waals surface area contributed by atoms with Gasteiger partial charge in [0.05, 0.1) is 0 Å². The van der Waals surface area contributed by atoms with Crippen LogP contribution in [-0.4, -0.2) is 43.6 Å². The molecule has 114 valence electrons. The van der Waals surface area contributed by atoms with Crippen LogP contribution in [0.15, 0.2) is 0 Å². The molecule has 0 unspecified atom stereocenters. The van der Waals surface area contributed by atoms with Crippen LogP contribution in [0.2, 0.25) is 0 Å². The van der Waals surface area contributed by atoms with Crippen LogP contribution in [0.3, 0.4) is 0 Å². The largest absolute Gasteiger partial charge is 0.508 e. The Labute approximate surface area is 126 Å². The van der Waals surface area contributed by atoms with E-state index in [4.69, 9.17) is 7.85 Å². The Hall–Kier alpha value is -2.90. The first-order chi connectivity index (χ1) is 10.1. The van der Waals surface area contributed by atoms with Crippen molar-refractivity contribution in [1.29, 1.82) is 0 Å². The fraction of sp³-hybridized carbons (Fsp3) is 0.143. The number of rotatable bonds is 1. The molecule has 0 heterocycles. The van der Waals surface area contributed by atoms with Gasteiger partial charge in [-0.3, -0.25) is 0 Å². The van der Waals surface area contributed by atoms with Crippen LogP contribution in [0.5, 0.6) is 40.2 Å². The van der Waals surface area contributed by atoms with Crippen molar-refractivity contribution in [1.82, 2.24) is 0 Å². The zero-order valence-electron chi connectivity index (χ0n) is 11.7. The van der Waals surface area contributed by atoms with Crippen molar-refractivity contribution in [3.8, 4) is 51.4 Å². The van der Waals surface area contributed by atoms with E-state index in [0.717, 1.165) is 0 Å². The van der Waals surface area contributed by atoms with Crippen molar-refractivity contribution in [2.75, 3.05) is 0 Å². The Morgan fingerprint density at radius 2 is 0.864 bits per heavy atom. The first-order valence-corrected chi connectivity index (χ1v) is 6.10. The van der Waals surface area contributed by atoms with Gasteiger partial charge in [0.15, 0.2) is 23.0 Å². The molecule has 0 spiro atoms. The molecule has 0 atom stereocenters.